The Balaban J connectivity index is 1.35. The lowest BCUT2D eigenvalue weighted by molar-refractivity contribution is -0.141. The van der Waals surface area contributed by atoms with Crippen molar-refractivity contribution in [2.24, 2.45) is 17.3 Å². The van der Waals surface area contributed by atoms with Crippen LogP contribution in [0, 0.1) is 29.1 Å². The van der Waals surface area contributed by atoms with Gasteiger partial charge in [0.1, 0.15) is 18.1 Å². The van der Waals surface area contributed by atoms with Crippen LogP contribution in [0.1, 0.15) is 131 Å². The summed E-state index contributed by atoms with van der Waals surface area (Å²) < 4.78 is 5.17. The molecule has 0 spiro atoms. The van der Waals surface area contributed by atoms with Crippen LogP contribution in [-0.2, 0) is 50.3 Å². The molecular weight excluding hydrogens is 923 g/mol. The number of nitrogens with zero attached hydrogens (tertiary/aromatic N) is 2. The number of nitrogens with one attached hydrogen (secondary N) is 5. The molecular formula is C58H79N7O8. The number of anilines is 2. The maximum atomic E-state index is 14.3. The number of ether oxygens (including phenoxy) is 1. The van der Waals surface area contributed by atoms with E-state index >= 15 is 0 Å². The number of esters is 1. The van der Waals surface area contributed by atoms with Gasteiger partial charge in [-0.2, -0.15) is 0 Å². The summed E-state index contributed by atoms with van der Waals surface area (Å²) in [5, 5.41) is 14.7. The van der Waals surface area contributed by atoms with Gasteiger partial charge in [-0.05, 0) is 99.4 Å². The molecule has 6 amide bonds. The smallest absolute Gasteiger partial charge is 0.333 e. The molecule has 0 aliphatic carbocycles. The summed E-state index contributed by atoms with van der Waals surface area (Å²) >= 11 is 0. The first-order chi connectivity index (χ1) is 34.3. The van der Waals surface area contributed by atoms with Crippen molar-refractivity contribution in [3.05, 3.63) is 107 Å². The zero-order valence-corrected chi connectivity index (χ0v) is 45.5. The Labute approximate surface area is 433 Å². The van der Waals surface area contributed by atoms with E-state index in [9.17, 15) is 33.6 Å². The van der Waals surface area contributed by atoms with Crippen LogP contribution < -0.4 is 31.5 Å². The van der Waals surface area contributed by atoms with E-state index in [-0.39, 0.29) is 49.0 Å². The molecule has 3 aromatic rings. The largest absolute Gasteiger partial charge is 0.463 e. The first kappa shape index (κ1) is 58.8. The number of benzene rings is 3. The Hall–Kier alpha value is -6.79. The first-order valence-corrected chi connectivity index (χ1v) is 25.4. The van der Waals surface area contributed by atoms with Gasteiger partial charge in [-0.15, -0.1) is 0 Å². The fraction of sp³-hybridized carbons (Fsp3) is 0.500. The second kappa shape index (κ2) is 26.2. The maximum absolute atomic E-state index is 14.3. The topological polar surface area (TPSA) is 195 Å². The van der Waals surface area contributed by atoms with E-state index in [0.29, 0.717) is 36.2 Å². The van der Waals surface area contributed by atoms with Crippen molar-refractivity contribution in [1.82, 2.24) is 26.2 Å². The SMILES string of the molecule is CCOC(=O)/C(C)=C/[C@H](C(C)C)N(C)C(=O)[C@@H](NC(=O)C(NC)C(C)(C)c1cccc(NC(=O)[C@H](C)NC(=O)[C@@H](NC(=O)CCCCC(=O)N2Cc3ccccc3C#Cc3ccccc32)C(C)C)c1)C(C)(C)C. The zero-order valence-electron chi connectivity index (χ0n) is 45.5. The first-order valence-electron chi connectivity index (χ1n) is 25.4. The highest BCUT2D eigenvalue weighted by atomic mass is 16.5. The normalized spacial score (nSPS) is 14.6. The minimum Gasteiger partial charge on any atom is -0.463 e. The Bertz CT molecular complexity index is 2570. The molecule has 0 saturated heterocycles. The lowest BCUT2D eigenvalue weighted by Crippen LogP contribution is -2.61. The van der Waals surface area contributed by atoms with E-state index < -0.39 is 64.7 Å². The molecule has 1 unspecified atom stereocenters. The molecule has 5 atom stereocenters. The molecule has 15 nitrogen and oxygen atoms in total. The van der Waals surface area contributed by atoms with Gasteiger partial charge >= 0.3 is 5.97 Å². The lowest BCUT2D eigenvalue weighted by atomic mass is 9.76. The predicted molar refractivity (Wildman–Crippen MR) is 287 cm³/mol. The number of hydrogen-bond acceptors (Lipinski definition) is 9. The van der Waals surface area contributed by atoms with Gasteiger partial charge in [-0.3, -0.25) is 28.8 Å². The standard InChI is InChI=1S/C58H79N7O8/c1-15-73-56(72)38(6)33-46(36(2)3)64(14)55(71)51(57(8,9)10)63-54(70)50(59-13)58(11,12)43-26-22-27-44(34-43)61-52(68)39(7)60-53(69)49(37(4)5)62-47(66)29-20-21-30-48(67)65-35-42-25-17-16-23-40(42)31-32-41-24-18-19-28-45(41)65/h16-19,22-28,33-34,36-37,39,46,49-51,59H,15,20-21,29-30,35H2,1-14H3,(H,60,69)(H,61,68)(H,62,66)(H,63,70)/b38-33+/t39-,46+,49-,50?,51+/m0/s1. The molecule has 15 heteroatoms. The number of para-hydroxylation sites is 1. The number of unbranched alkanes of at least 4 members (excludes halogenated alkanes) is 1. The van der Waals surface area contributed by atoms with Crippen molar-refractivity contribution in [2.45, 2.75) is 151 Å². The van der Waals surface area contributed by atoms with Crippen LogP contribution >= 0.6 is 0 Å². The van der Waals surface area contributed by atoms with Gasteiger partial charge in [-0.1, -0.05) is 123 Å². The number of hydrogen-bond donors (Lipinski definition) is 5. The van der Waals surface area contributed by atoms with Crippen molar-refractivity contribution in [2.75, 3.05) is 30.9 Å². The number of carbonyl (C=O) groups is 7. The number of rotatable bonds is 22. The maximum Gasteiger partial charge on any atom is 0.333 e. The summed E-state index contributed by atoms with van der Waals surface area (Å²) in [5.41, 5.74) is 3.31. The van der Waals surface area contributed by atoms with Gasteiger partial charge in [0, 0.05) is 47.7 Å². The molecule has 73 heavy (non-hydrogen) atoms. The van der Waals surface area contributed by atoms with Crippen molar-refractivity contribution >= 4 is 52.8 Å². The van der Waals surface area contributed by atoms with Gasteiger partial charge in [0.15, 0.2) is 0 Å². The third-order valence-electron chi connectivity index (χ3n) is 13.3. The summed E-state index contributed by atoms with van der Waals surface area (Å²) in [7, 11) is 3.34. The summed E-state index contributed by atoms with van der Waals surface area (Å²) in [6.07, 6.45) is 2.95. The van der Waals surface area contributed by atoms with E-state index in [2.05, 4.69) is 38.4 Å². The second-order valence-corrected chi connectivity index (χ2v) is 21.2. The molecule has 0 saturated carbocycles. The molecule has 0 aromatic heterocycles. The monoisotopic (exact) mass is 1000 g/mol. The summed E-state index contributed by atoms with van der Waals surface area (Å²) in [6.45, 7) is 22.5. The summed E-state index contributed by atoms with van der Waals surface area (Å²) in [4.78, 5) is 98.4. The van der Waals surface area contributed by atoms with Crippen LogP contribution in [0.3, 0.4) is 0 Å². The highest BCUT2D eigenvalue weighted by Gasteiger charge is 2.42. The summed E-state index contributed by atoms with van der Waals surface area (Å²) in [6, 6.07) is 18.3. The minimum atomic E-state index is -0.986. The molecule has 3 aromatic carbocycles. The molecule has 1 heterocycles. The Morgan fingerprint density at radius 2 is 1.38 bits per heavy atom. The third-order valence-corrected chi connectivity index (χ3v) is 13.3. The highest BCUT2D eigenvalue weighted by Crippen LogP contribution is 2.31. The molecule has 0 fully saturated rings. The minimum absolute atomic E-state index is 0.0563. The van der Waals surface area contributed by atoms with Crippen LogP contribution in [-0.4, -0.2) is 97.2 Å². The van der Waals surface area contributed by atoms with Crippen molar-refractivity contribution in [1.29, 1.82) is 0 Å². The molecule has 1 aliphatic rings. The Morgan fingerprint density at radius 1 is 0.753 bits per heavy atom. The predicted octanol–water partition coefficient (Wildman–Crippen LogP) is 7.17. The van der Waals surface area contributed by atoms with Gasteiger partial charge in [-0.25, -0.2) is 4.79 Å². The average molecular weight is 1000 g/mol. The number of carbonyl (C=O) groups excluding carboxylic acids is 7. The Morgan fingerprint density at radius 3 is 2.01 bits per heavy atom. The molecule has 4 rings (SSSR count). The van der Waals surface area contributed by atoms with Crippen LogP contribution in [0.15, 0.2) is 84.4 Å². The quantitative estimate of drug-likeness (QED) is 0.0300. The Kier molecular flexibility index (Phi) is 21.1. The van der Waals surface area contributed by atoms with Crippen LogP contribution in [0.5, 0.6) is 0 Å². The third kappa shape index (κ3) is 15.9. The van der Waals surface area contributed by atoms with E-state index in [1.165, 1.54) is 0 Å². The molecule has 1 aliphatic heterocycles. The highest BCUT2D eigenvalue weighted by molar-refractivity contribution is 5.99. The second-order valence-electron chi connectivity index (χ2n) is 21.2. The average Bonchev–Trinajstić information content (AvgIpc) is 3.32. The van der Waals surface area contributed by atoms with Crippen LogP contribution in [0.25, 0.3) is 0 Å². The van der Waals surface area contributed by atoms with Crippen molar-refractivity contribution in [3.63, 3.8) is 0 Å². The summed E-state index contributed by atoms with van der Waals surface area (Å²) in [5.74, 6) is 3.48. The number of amides is 6. The van der Waals surface area contributed by atoms with Gasteiger partial charge < -0.3 is 41.1 Å². The van der Waals surface area contributed by atoms with Gasteiger partial charge in [0.25, 0.3) is 0 Å². The van der Waals surface area contributed by atoms with Crippen LogP contribution in [0.4, 0.5) is 11.4 Å². The van der Waals surface area contributed by atoms with E-state index in [1.807, 2.05) is 103 Å². The lowest BCUT2D eigenvalue weighted by Gasteiger charge is -2.40. The van der Waals surface area contributed by atoms with E-state index in [4.69, 9.17) is 4.74 Å². The number of likely N-dealkylation sites (N-methyl/N-ethyl adjacent to an activating group) is 2. The molecule has 0 radical (unpaired) electrons. The van der Waals surface area contributed by atoms with E-state index in [0.717, 1.165) is 22.4 Å². The zero-order chi connectivity index (χ0) is 54.4. The van der Waals surface area contributed by atoms with Crippen molar-refractivity contribution < 1.29 is 38.3 Å². The molecule has 5 N–H and O–H groups in total. The fourth-order valence-corrected chi connectivity index (χ4v) is 8.83. The molecule has 0 bridgehead atoms. The molecule has 394 valence electrons. The van der Waals surface area contributed by atoms with Crippen molar-refractivity contribution in [3.8, 4) is 11.8 Å². The van der Waals surface area contributed by atoms with Gasteiger partial charge in [0.2, 0.25) is 35.4 Å². The fourth-order valence-electron chi connectivity index (χ4n) is 8.83. The van der Waals surface area contributed by atoms with Crippen LogP contribution in [0.2, 0.25) is 0 Å². The van der Waals surface area contributed by atoms with E-state index in [1.54, 1.807) is 82.8 Å². The van der Waals surface area contributed by atoms with Gasteiger partial charge in [0.05, 0.1) is 30.9 Å². The number of fused-ring (bicyclic) bond motifs is 2.